The highest BCUT2D eigenvalue weighted by Gasteiger charge is 2.38. The van der Waals surface area contributed by atoms with Gasteiger partial charge in [0.25, 0.3) is 0 Å². The van der Waals surface area contributed by atoms with E-state index in [1.165, 1.54) is 12.1 Å². The first-order valence-corrected chi connectivity index (χ1v) is 11.4. The summed E-state index contributed by atoms with van der Waals surface area (Å²) in [6, 6.07) is 20.5. The van der Waals surface area contributed by atoms with Crippen molar-refractivity contribution in [2.75, 3.05) is 13.1 Å². The van der Waals surface area contributed by atoms with Crippen molar-refractivity contribution in [3.05, 3.63) is 83.7 Å². The Morgan fingerprint density at radius 3 is 2.39 bits per heavy atom. The fraction of sp³-hybridized carbons (Fsp3) is 0.357. The largest absolute Gasteiger partial charge is 0.444 e. The van der Waals surface area contributed by atoms with E-state index in [1.54, 1.807) is 17.0 Å². The first kappa shape index (κ1) is 23.0. The number of piperidine rings is 1. The van der Waals surface area contributed by atoms with E-state index >= 15 is 0 Å². The number of Topliss-reactive ketones (excluding diaryl/α,β-unsaturated/α-hetero) is 1. The second-order valence-electron chi connectivity index (χ2n) is 9.80. The minimum Gasteiger partial charge on any atom is -0.444 e. The molecule has 3 aromatic carbocycles. The van der Waals surface area contributed by atoms with Gasteiger partial charge in [-0.05, 0) is 67.1 Å². The molecule has 1 saturated heterocycles. The maximum atomic E-state index is 13.6. The van der Waals surface area contributed by atoms with E-state index in [4.69, 9.17) is 4.74 Å². The average molecular weight is 448 g/mol. The lowest BCUT2D eigenvalue weighted by atomic mass is 9.77. The Labute approximate surface area is 194 Å². The summed E-state index contributed by atoms with van der Waals surface area (Å²) in [6.45, 7) is 6.29. The number of fused-ring (bicyclic) bond motifs is 1. The van der Waals surface area contributed by atoms with Gasteiger partial charge in [0.2, 0.25) is 0 Å². The topological polar surface area (TPSA) is 46.6 Å². The zero-order chi connectivity index (χ0) is 23.6. The number of amides is 1. The fourth-order valence-corrected chi connectivity index (χ4v) is 4.56. The standard InChI is InChI=1S/C28H30FNO3/c1-28(2,3)33-27(32)30-15-14-24(21-10-12-23(29)13-11-21)25(18-30)26(31)17-19-8-9-20-6-4-5-7-22(20)16-19/h4-13,16,24-25H,14-15,17-18H2,1-3H3. The number of halogens is 1. The maximum Gasteiger partial charge on any atom is 0.410 e. The second-order valence-corrected chi connectivity index (χ2v) is 9.80. The molecule has 5 heteroatoms. The minimum absolute atomic E-state index is 0.0720. The van der Waals surface area contributed by atoms with Gasteiger partial charge in [0.05, 0.1) is 0 Å². The summed E-state index contributed by atoms with van der Waals surface area (Å²) in [5.74, 6) is -0.683. The Balaban J connectivity index is 1.58. The summed E-state index contributed by atoms with van der Waals surface area (Å²) in [5.41, 5.74) is 1.28. The summed E-state index contributed by atoms with van der Waals surface area (Å²) in [6.07, 6.45) is 0.512. The molecule has 172 valence electrons. The lowest BCUT2D eigenvalue weighted by Crippen LogP contribution is -2.47. The molecule has 0 saturated carbocycles. The maximum absolute atomic E-state index is 13.6. The third-order valence-electron chi connectivity index (χ3n) is 6.17. The highest BCUT2D eigenvalue weighted by atomic mass is 19.1. The minimum atomic E-state index is -0.602. The Morgan fingerprint density at radius 1 is 1.00 bits per heavy atom. The van der Waals surface area contributed by atoms with E-state index in [9.17, 15) is 14.0 Å². The number of ketones is 1. The molecule has 4 rings (SSSR count). The van der Waals surface area contributed by atoms with E-state index in [0.717, 1.165) is 21.9 Å². The van der Waals surface area contributed by atoms with Gasteiger partial charge in [-0.2, -0.15) is 0 Å². The molecule has 0 spiro atoms. The molecule has 1 aliphatic rings. The molecule has 0 aliphatic carbocycles. The summed E-state index contributed by atoms with van der Waals surface area (Å²) in [7, 11) is 0. The number of carbonyl (C=O) groups excluding carboxylic acids is 2. The molecule has 0 N–H and O–H groups in total. The number of ether oxygens (including phenoxy) is 1. The molecule has 1 amide bonds. The van der Waals surface area contributed by atoms with E-state index in [-0.39, 0.29) is 29.9 Å². The highest BCUT2D eigenvalue weighted by Crippen LogP contribution is 2.35. The Bertz CT molecular complexity index is 1150. The van der Waals surface area contributed by atoms with Gasteiger partial charge in [0, 0.05) is 25.4 Å². The third kappa shape index (κ3) is 5.59. The molecule has 3 aromatic rings. The summed E-state index contributed by atoms with van der Waals surface area (Å²) in [4.78, 5) is 27.9. The molecule has 1 fully saturated rings. The van der Waals surface area contributed by atoms with Crippen LogP contribution in [-0.2, 0) is 16.0 Å². The quantitative estimate of drug-likeness (QED) is 0.483. The van der Waals surface area contributed by atoms with Crippen LogP contribution in [0.1, 0.15) is 44.2 Å². The van der Waals surface area contributed by atoms with Crippen molar-refractivity contribution in [3.63, 3.8) is 0 Å². The smallest absolute Gasteiger partial charge is 0.410 e. The SMILES string of the molecule is CC(C)(C)OC(=O)N1CCC(c2ccc(F)cc2)C(C(=O)Cc2ccc3ccccc3c2)C1. The summed E-state index contributed by atoms with van der Waals surface area (Å²) >= 11 is 0. The van der Waals surface area contributed by atoms with Crippen LogP contribution in [0.15, 0.2) is 66.7 Å². The van der Waals surface area contributed by atoms with Crippen LogP contribution < -0.4 is 0 Å². The van der Waals surface area contributed by atoms with Gasteiger partial charge < -0.3 is 9.64 Å². The van der Waals surface area contributed by atoms with Crippen LogP contribution in [0.5, 0.6) is 0 Å². The molecular weight excluding hydrogens is 417 g/mol. The van der Waals surface area contributed by atoms with E-state index in [1.807, 2.05) is 57.2 Å². The van der Waals surface area contributed by atoms with Gasteiger partial charge in [-0.25, -0.2) is 9.18 Å². The first-order valence-electron chi connectivity index (χ1n) is 11.4. The highest BCUT2D eigenvalue weighted by molar-refractivity contribution is 5.88. The van der Waals surface area contributed by atoms with Crippen LogP contribution >= 0.6 is 0 Å². The Morgan fingerprint density at radius 2 is 1.70 bits per heavy atom. The number of benzene rings is 3. The number of hydrogen-bond donors (Lipinski definition) is 0. The lowest BCUT2D eigenvalue weighted by Gasteiger charge is -2.38. The normalized spacial score (nSPS) is 18.8. The van der Waals surface area contributed by atoms with Crippen LogP contribution in [0, 0.1) is 11.7 Å². The van der Waals surface area contributed by atoms with Crippen molar-refractivity contribution in [2.24, 2.45) is 5.92 Å². The van der Waals surface area contributed by atoms with Crippen LogP contribution in [-0.4, -0.2) is 35.5 Å². The molecular formula is C28H30FNO3. The molecule has 4 nitrogen and oxygen atoms in total. The van der Waals surface area contributed by atoms with Crippen LogP contribution in [0.4, 0.5) is 9.18 Å². The van der Waals surface area contributed by atoms with E-state index in [2.05, 4.69) is 6.07 Å². The van der Waals surface area contributed by atoms with Crippen LogP contribution in [0.3, 0.4) is 0 Å². The number of hydrogen-bond acceptors (Lipinski definition) is 3. The monoisotopic (exact) mass is 447 g/mol. The van der Waals surface area contributed by atoms with Gasteiger partial charge >= 0.3 is 6.09 Å². The van der Waals surface area contributed by atoms with Crippen molar-refractivity contribution in [2.45, 2.75) is 45.1 Å². The predicted octanol–water partition coefficient (Wildman–Crippen LogP) is 6.13. The molecule has 0 radical (unpaired) electrons. The molecule has 0 bridgehead atoms. The Kier molecular flexibility index (Phi) is 6.50. The van der Waals surface area contributed by atoms with Crippen LogP contribution in [0.25, 0.3) is 10.8 Å². The number of rotatable bonds is 4. The molecule has 0 aromatic heterocycles. The van der Waals surface area contributed by atoms with Crippen LogP contribution in [0.2, 0.25) is 0 Å². The summed E-state index contributed by atoms with van der Waals surface area (Å²) in [5, 5.41) is 2.23. The molecule has 1 heterocycles. The van der Waals surface area contributed by atoms with Gasteiger partial charge in [0.15, 0.2) is 0 Å². The van der Waals surface area contributed by atoms with Crippen molar-refractivity contribution < 1.29 is 18.7 Å². The lowest BCUT2D eigenvalue weighted by molar-refractivity contribution is -0.124. The van der Waals surface area contributed by atoms with E-state index < -0.39 is 11.7 Å². The molecule has 1 aliphatic heterocycles. The fourth-order valence-electron chi connectivity index (χ4n) is 4.56. The van der Waals surface area contributed by atoms with Crippen molar-refractivity contribution >= 4 is 22.6 Å². The van der Waals surface area contributed by atoms with Gasteiger partial charge in [-0.15, -0.1) is 0 Å². The van der Waals surface area contributed by atoms with Crippen molar-refractivity contribution in [1.82, 2.24) is 4.90 Å². The van der Waals surface area contributed by atoms with Gasteiger partial charge in [-0.3, -0.25) is 4.79 Å². The number of carbonyl (C=O) groups is 2. The molecule has 33 heavy (non-hydrogen) atoms. The molecule has 2 atom stereocenters. The van der Waals surface area contributed by atoms with E-state index in [0.29, 0.717) is 19.5 Å². The van der Waals surface area contributed by atoms with Crippen molar-refractivity contribution in [1.29, 1.82) is 0 Å². The Hall–Kier alpha value is -3.21. The zero-order valence-electron chi connectivity index (χ0n) is 19.4. The zero-order valence-corrected chi connectivity index (χ0v) is 19.4. The number of likely N-dealkylation sites (tertiary alicyclic amines) is 1. The van der Waals surface area contributed by atoms with Crippen molar-refractivity contribution in [3.8, 4) is 0 Å². The second kappa shape index (κ2) is 9.34. The van der Waals surface area contributed by atoms with Gasteiger partial charge in [0.1, 0.15) is 17.2 Å². The van der Waals surface area contributed by atoms with Gasteiger partial charge in [-0.1, -0.05) is 54.6 Å². The first-order chi connectivity index (χ1) is 15.7. The number of nitrogens with zero attached hydrogens (tertiary/aromatic N) is 1. The summed E-state index contributed by atoms with van der Waals surface area (Å²) < 4.78 is 19.1. The predicted molar refractivity (Wildman–Crippen MR) is 128 cm³/mol. The third-order valence-corrected chi connectivity index (χ3v) is 6.17. The molecule has 2 unspecified atom stereocenters. The average Bonchev–Trinajstić information content (AvgIpc) is 2.78.